The Labute approximate surface area is 172 Å². The van der Waals surface area contributed by atoms with Crippen molar-refractivity contribution >= 4 is 34.7 Å². The number of urea groups is 1. The van der Waals surface area contributed by atoms with E-state index in [0.29, 0.717) is 24.5 Å². The van der Waals surface area contributed by atoms with Crippen LogP contribution in [0.4, 0.5) is 4.79 Å². The van der Waals surface area contributed by atoms with Crippen LogP contribution in [0.3, 0.4) is 0 Å². The molecule has 0 atom stereocenters. The summed E-state index contributed by atoms with van der Waals surface area (Å²) >= 11 is 1.31. The highest BCUT2D eigenvalue weighted by atomic mass is 32.2. The number of carbonyl (C=O) groups excluding carboxylic acids is 2. The topological polar surface area (TPSA) is 84.4 Å². The van der Waals surface area contributed by atoms with Gasteiger partial charge in [0.1, 0.15) is 10.8 Å². The number of aromatic nitrogens is 2. The summed E-state index contributed by atoms with van der Waals surface area (Å²) in [5, 5.41) is 3.34. The van der Waals surface area contributed by atoms with Gasteiger partial charge in [-0.15, -0.1) is 0 Å². The number of amides is 3. The van der Waals surface area contributed by atoms with E-state index in [1.165, 1.54) is 16.7 Å². The number of rotatable bonds is 6. The Morgan fingerprint density at radius 1 is 1.17 bits per heavy atom. The van der Waals surface area contributed by atoms with E-state index >= 15 is 0 Å². The maximum atomic E-state index is 12.4. The van der Waals surface area contributed by atoms with Crippen LogP contribution in [0.2, 0.25) is 0 Å². The van der Waals surface area contributed by atoms with Crippen LogP contribution in [0.15, 0.2) is 53.6 Å². The number of hydrogen-bond acceptors (Lipinski definition) is 6. The van der Waals surface area contributed by atoms with E-state index in [1.54, 1.807) is 7.11 Å². The smallest absolute Gasteiger partial charge is 0.324 e. The molecule has 0 radical (unpaired) electrons. The van der Waals surface area contributed by atoms with Crippen molar-refractivity contribution in [2.24, 2.45) is 0 Å². The van der Waals surface area contributed by atoms with Crippen molar-refractivity contribution in [3.8, 4) is 5.75 Å². The molecule has 0 bridgehead atoms. The Balaban J connectivity index is 1.61. The van der Waals surface area contributed by atoms with Crippen LogP contribution in [0.5, 0.6) is 5.75 Å². The molecule has 3 amide bonds. The Kier molecular flexibility index (Phi) is 5.62. The molecule has 8 heteroatoms. The molecular weight excluding hydrogens is 388 g/mol. The maximum Gasteiger partial charge on any atom is 0.324 e. The Bertz CT molecular complexity index is 1070. The van der Waals surface area contributed by atoms with Gasteiger partial charge in [-0.1, -0.05) is 36.0 Å². The van der Waals surface area contributed by atoms with Crippen LogP contribution in [0, 0.1) is 0 Å². The lowest BCUT2D eigenvalue weighted by atomic mass is 10.1. The molecule has 1 N–H and O–H groups in total. The van der Waals surface area contributed by atoms with Crippen LogP contribution in [0.25, 0.3) is 11.0 Å². The van der Waals surface area contributed by atoms with Crippen LogP contribution < -0.4 is 10.1 Å². The molecule has 4 rings (SSSR count). The zero-order chi connectivity index (χ0) is 20.2. The van der Waals surface area contributed by atoms with Crippen molar-refractivity contribution < 1.29 is 14.3 Å². The molecule has 148 valence electrons. The van der Waals surface area contributed by atoms with E-state index in [4.69, 9.17) is 14.7 Å². The third kappa shape index (κ3) is 4.32. The zero-order valence-corrected chi connectivity index (χ0v) is 16.7. The van der Waals surface area contributed by atoms with E-state index < -0.39 is 0 Å². The average molecular weight is 408 g/mol. The molecule has 0 aliphatic carbocycles. The number of carbonyl (C=O) groups is 2. The van der Waals surface area contributed by atoms with Gasteiger partial charge in [-0.25, -0.2) is 14.8 Å². The lowest BCUT2D eigenvalue weighted by molar-refractivity contribution is -0.124. The SMILES string of the molecule is COc1cccc(Cc2nc3ccccc3nc2SCC(=O)N2CCNC2=O)c1. The van der Waals surface area contributed by atoms with Gasteiger partial charge in [-0.05, 0) is 29.8 Å². The van der Waals surface area contributed by atoms with E-state index in [9.17, 15) is 9.59 Å². The van der Waals surface area contributed by atoms with Crippen molar-refractivity contribution in [3.63, 3.8) is 0 Å². The number of benzene rings is 2. The predicted octanol–water partition coefficient (Wildman–Crippen LogP) is 2.87. The summed E-state index contributed by atoms with van der Waals surface area (Å²) in [5.41, 5.74) is 3.41. The van der Waals surface area contributed by atoms with Crippen molar-refractivity contribution in [2.45, 2.75) is 11.4 Å². The molecule has 2 heterocycles. The number of methoxy groups -OCH3 is 1. The highest BCUT2D eigenvalue weighted by Gasteiger charge is 2.26. The van der Waals surface area contributed by atoms with Gasteiger partial charge in [-0.2, -0.15) is 0 Å². The molecular formula is C21H20N4O3S. The van der Waals surface area contributed by atoms with Crippen LogP contribution in [-0.2, 0) is 11.2 Å². The molecule has 29 heavy (non-hydrogen) atoms. The Morgan fingerprint density at radius 2 is 1.97 bits per heavy atom. The van der Waals surface area contributed by atoms with Crippen molar-refractivity contribution in [3.05, 3.63) is 59.8 Å². The van der Waals surface area contributed by atoms with Gasteiger partial charge in [0.05, 0.1) is 29.6 Å². The monoisotopic (exact) mass is 408 g/mol. The first kappa shape index (κ1) is 19.2. The van der Waals surface area contributed by atoms with E-state index in [2.05, 4.69) is 5.32 Å². The second-order valence-corrected chi connectivity index (χ2v) is 7.52. The third-order valence-corrected chi connectivity index (χ3v) is 5.59. The number of nitrogens with one attached hydrogen (secondary N) is 1. The summed E-state index contributed by atoms with van der Waals surface area (Å²) in [6.45, 7) is 0.893. The summed E-state index contributed by atoms with van der Waals surface area (Å²) < 4.78 is 5.31. The first-order chi connectivity index (χ1) is 14.1. The van der Waals surface area contributed by atoms with Crippen LogP contribution >= 0.6 is 11.8 Å². The highest BCUT2D eigenvalue weighted by molar-refractivity contribution is 7.99. The minimum absolute atomic E-state index is 0.131. The van der Waals surface area contributed by atoms with E-state index in [1.807, 2.05) is 48.5 Å². The lowest BCUT2D eigenvalue weighted by Crippen LogP contribution is -2.35. The first-order valence-corrected chi connectivity index (χ1v) is 10.2. The fourth-order valence-corrected chi connectivity index (χ4v) is 4.01. The van der Waals surface area contributed by atoms with Gasteiger partial charge in [0.2, 0.25) is 5.91 Å². The van der Waals surface area contributed by atoms with Crippen LogP contribution in [-0.4, -0.2) is 52.8 Å². The minimum atomic E-state index is -0.336. The first-order valence-electron chi connectivity index (χ1n) is 9.23. The molecule has 1 fully saturated rings. The third-order valence-electron chi connectivity index (χ3n) is 4.60. The molecule has 0 spiro atoms. The van der Waals surface area contributed by atoms with E-state index in [-0.39, 0.29) is 17.7 Å². The van der Waals surface area contributed by atoms with Gasteiger partial charge in [-0.3, -0.25) is 9.69 Å². The molecule has 0 unspecified atom stereocenters. The van der Waals surface area contributed by atoms with Crippen molar-refractivity contribution in [2.75, 3.05) is 26.0 Å². The standard InChI is InChI=1S/C21H20N4O3S/c1-28-15-6-4-5-14(11-15)12-18-20(24-17-8-3-2-7-16(17)23-18)29-13-19(26)25-10-9-22-21(25)27/h2-8,11H,9-10,12-13H2,1H3,(H,22,27). The molecule has 7 nitrogen and oxygen atoms in total. The Morgan fingerprint density at radius 3 is 2.69 bits per heavy atom. The number of para-hydroxylation sites is 2. The largest absolute Gasteiger partial charge is 0.497 e. The number of imide groups is 1. The number of nitrogens with zero attached hydrogens (tertiary/aromatic N) is 3. The summed E-state index contributed by atoms with van der Waals surface area (Å²) in [6.07, 6.45) is 0.565. The van der Waals surface area contributed by atoms with Gasteiger partial charge in [0.15, 0.2) is 0 Å². The van der Waals surface area contributed by atoms with Crippen molar-refractivity contribution in [1.82, 2.24) is 20.2 Å². The molecule has 1 aliphatic rings. The maximum absolute atomic E-state index is 12.4. The van der Waals surface area contributed by atoms with Gasteiger partial charge in [0, 0.05) is 19.5 Å². The lowest BCUT2D eigenvalue weighted by Gasteiger charge is -2.13. The summed E-state index contributed by atoms with van der Waals surface area (Å²) in [7, 11) is 1.64. The van der Waals surface area contributed by atoms with Gasteiger partial charge < -0.3 is 10.1 Å². The number of hydrogen-bond donors (Lipinski definition) is 1. The highest BCUT2D eigenvalue weighted by Crippen LogP contribution is 2.26. The molecule has 1 aromatic heterocycles. The molecule has 0 saturated carbocycles. The van der Waals surface area contributed by atoms with Crippen molar-refractivity contribution in [1.29, 1.82) is 0 Å². The summed E-state index contributed by atoms with van der Waals surface area (Å²) in [6, 6.07) is 15.1. The number of fused-ring (bicyclic) bond motifs is 1. The second kappa shape index (κ2) is 8.48. The average Bonchev–Trinajstić information content (AvgIpc) is 3.18. The molecule has 3 aromatic rings. The molecule has 1 aliphatic heterocycles. The molecule has 1 saturated heterocycles. The fraction of sp³-hybridized carbons (Fsp3) is 0.238. The predicted molar refractivity (Wildman–Crippen MR) is 111 cm³/mol. The normalized spacial score (nSPS) is 13.6. The van der Waals surface area contributed by atoms with Gasteiger partial charge >= 0.3 is 6.03 Å². The minimum Gasteiger partial charge on any atom is -0.497 e. The second-order valence-electron chi connectivity index (χ2n) is 6.56. The molecule has 2 aromatic carbocycles. The summed E-state index contributed by atoms with van der Waals surface area (Å²) in [4.78, 5) is 34.9. The van der Waals surface area contributed by atoms with Gasteiger partial charge in [0.25, 0.3) is 0 Å². The quantitative estimate of drug-likeness (QED) is 0.632. The number of thioether (sulfide) groups is 1. The fourth-order valence-electron chi connectivity index (χ4n) is 3.14. The summed E-state index contributed by atoms with van der Waals surface area (Å²) in [5.74, 6) is 0.680. The number of ether oxygens (including phenoxy) is 1. The van der Waals surface area contributed by atoms with Crippen LogP contribution in [0.1, 0.15) is 11.3 Å². The van der Waals surface area contributed by atoms with E-state index in [0.717, 1.165) is 28.0 Å². The Hall–Kier alpha value is -3.13. The zero-order valence-electron chi connectivity index (χ0n) is 15.9.